The van der Waals surface area contributed by atoms with Crippen molar-refractivity contribution in [3.63, 3.8) is 0 Å². The predicted molar refractivity (Wildman–Crippen MR) is 64.2 cm³/mol. The van der Waals surface area contributed by atoms with Crippen molar-refractivity contribution >= 4 is 16.0 Å². The number of rotatable bonds is 6. The SMILES string of the molecule is CCCNc1ncc(S(=O)(=O)NC2CC2)cn1. The molecule has 0 spiro atoms. The lowest BCUT2D eigenvalue weighted by molar-refractivity contribution is 0.580. The fourth-order valence-electron chi connectivity index (χ4n) is 1.27. The van der Waals surface area contributed by atoms with Crippen LogP contribution in [0.4, 0.5) is 5.95 Å². The van der Waals surface area contributed by atoms with Crippen LogP contribution in [0.5, 0.6) is 0 Å². The highest BCUT2D eigenvalue weighted by molar-refractivity contribution is 7.89. The first-order chi connectivity index (χ1) is 8.12. The zero-order valence-electron chi connectivity index (χ0n) is 9.68. The summed E-state index contributed by atoms with van der Waals surface area (Å²) in [6.07, 6.45) is 5.45. The van der Waals surface area contributed by atoms with Gasteiger partial charge < -0.3 is 5.32 Å². The molecule has 0 aromatic carbocycles. The molecular weight excluding hydrogens is 240 g/mol. The fourth-order valence-corrected chi connectivity index (χ4v) is 2.47. The Balaban J connectivity index is 2.05. The zero-order chi connectivity index (χ0) is 12.3. The Labute approximate surface area is 101 Å². The van der Waals surface area contributed by atoms with Crippen molar-refractivity contribution < 1.29 is 8.42 Å². The van der Waals surface area contributed by atoms with E-state index in [0.29, 0.717) is 5.95 Å². The van der Waals surface area contributed by atoms with Gasteiger partial charge in [-0.05, 0) is 19.3 Å². The molecule has 2 N–H and O–H groups in total. The molecule has 94 valence electrons. The Morgan fingerprint density at radius 3 is 2.53 bits per heavy atom. The molecule has 1 aromatic heterocycles. The minimum absolute atomic E-state index is 0.0953. The molecule has 0 radical (unpaired) electrons. The Kier molecular flexibility index (Phi) is 3.58. The van der Waals surface area contributed by atoms with Gasteiger partial charge in [0.1, 0.15) is 4.90 Å². The van der Waals surface area contributed by atoms with Gasteiger partial charge in [-0.25, -0.2) is 23.1 Å². The third-order valence-electron chi connectivity index (χ3n) is 2.37. The molecule has 6 nitrogen and oxygen atoms in total. The Hall–Kier alpha value is -1.21. The summed E-state index contributed by atoms with van der Waals surface area (Å²) in [5.41, 5.74) is 0. The predicted octanol–water partition coefficient (Wildman–Crippen LogP) is 0.739. The van der Waals surface area contributed by atoms with Gasteiger partial charge >= 0.3 is 0 Å². The van der Waals surface area contributed by atoms with Crippen LogP contribution in [0.2, 0.25) is 0 Å². The number of nitrogens with one attached hydrogen (secondary N) is 2. The smallest absolute Gasteiger partial charge is 0.243 e. The summed E-state index contributed by atoms with van der Waals surface area (Å²) < 4.78 is 26.2. The Morgan fingerprint density at radius 2 is 2.00 bits per heavy atom. The molecule has 1 aromatic rings. The second-order valence-electron chi connectivity index (χ2n) is 4.06. The highest BCUT2D eigenvalue weighted by Gasteiger charge is 2.28. The first-order valence-corrected chi connectivity index (χ1v) is 7.18. The van der Waals surface area contributed by atoms with E-state index < -0.39 is 10.0 Å². The highest BCUT2D eigenvalue weighted by atomic mass is 32.2. The van der Waals surface area contributed by atoms with Crippen LogP contribution in [-0.4, -0.2) is 31.0 Å². The van der Waals surface area contributed by atoms with Crippen LogP contribution in [-0.2, 0) is 10.0 Å². The Bertz CT molecular complexity index is 468. The summed E-state index contributed by atoms with van der Waals surface area (Å²) in [4.78, 5) is 8.05. The van der Waals surface area contributed by atoms with Gasteiger partial charge in [0.25, 0.3) is 0 Å². The van der Waals surface area contributed by atoms with E-state index >= 15 is 0 Å². The summed E-state index contributed by atoms with van der Waals surface area (Å²) in [7, 11) is -3.44. The van der Waals surface area contributed by atoms with Crippen LogP contribution in [0.1, 0.15) is 26.2 Å². The third kappa shape index (κ3) is 3.37. The third-order valence-corrected chi connectivity index (χ3v) is 3.85. The molecule has 1 fully saturated rings. The van der Waals surface area contributed by atoms with Gasteiger partial charge in [0.15, 0.2) is 0 Å². The molecule has 0 bridgehead atoms. The zero-order valence-corrected chi connectivity index (χ0v) is 10.5. The van der Waals surface area contributed by atoms with Crippen molar-refractivity contribution in [1.29, 1.82) is 0 Å². The molecule has 0 unspecified atom stereocenters. The number of hydrogen-bond acceptors (Lipinski definition) is 5. The maximum absolute atomic E-state index is 11.8. The van der Waals surface area contributed by atoms with Crippen molar-refractivity contribution in [1.82, 2.24) is 14.7 Å². The summed E-state index contributed by atoms with van der Waals surface area (Å²) >= 11 is 0. The van der Waals surface area contributed by atoms with E-state index in [2.05, 4.69) is 20.0 Å². The average molecular weight is 256 g/mol. The molecule has 0 aliphatic heterocycles. The lowest BCUT2D eigenvalue weighted by atomic mass is 10.5. The second-order valence-corrected chi connectivity index (χ2v) is 5.78. The first-order valence-electron chi connectivity index (χ1n) is 5.70. The van der Waals surface area contributed by atoms with Crippen molar-refractivity contribution in [2.75, 3.05) is 11.9 Å². The molecule has 1 saturated carbocycles. The van der Waals surface area contributed by atoms with E-state index in [1.54, 1.807) is 0 Å². The van der Waals surface area contributed by atoms with E-state index in [4.69, 9.17) is 0 Å². The lowest BCUT2D eigenvalue weighted by Gasteiger charge is -2.06. The van der Waals surface area contributed by atoms with Gasteiger partial charge in [-0.15, -0.1) is 0 Å². The minimum Gasteiger partial charge on any atom is -0.354 e. The molecule has 1 heterocycles. The first kappa shape index (κ1) is 12.3. The molecular formula is C10H16N4O2S. The van der Waals surface area contributed by atoms with E-state index in [-0.39, 0.29) is 10.9 Å². The second kappa shape index (κ2) is 4.97. The highest BCUT2D eigenvalue weighted by Crippen LogP contribution is 2.21. The number of anilines is 1. The molecule has 0 amide bonds. The van der Waals surface area contributed by atoms with Crippen molar-refractivity contribution in [2.45, 2.75) is 37.1 Å². The summed E-state index contributed by atoms with van der Waals surface area (Å²) in [6.45, 7) is 2.80. The average Bonchev–Trinajstić information content (AvgIpc) is 3.10. The summed E-state index contributed by atoms with van der Waals surface area (Å²) in [6, 6.07) is 0.0953. The van der Waals surface area contributed by atoms with Gasteiger partial charge in [0, 0.05) is 12.6 Å². The van der Waals surface area contributed by atoms with Crippen LogP contribution >= 0.6 is 0 Å². The van der Waals surface area contributed by atoms with Crippen LogP contribution in [0.15, 0.2) is 17.3 Å². The van der Waals surface area contributed by atoms with Crippen molar-refractivity contribution in [3.05, 3.63) is 12.4 Å². The molecule has 17 heavy (non-hydrogen) atoms. The molecule has 1 aliphatic carbocycles. The van der Waals surface area contributed by atoms with Crippen LogP contribution in [0.3, 0.4) is 0 Å². The normalized spacial score (nSPS) is 15.8. The van der Waals surface area contributed by atoms with E-state index in [0.717, 1.165) is 25.8 Å². The summed E-state index contributed by atoms with van der Waals surface area (Å²) in [5.74, 6) is 0.456. The minimum atomic E-state index is -3.44. The van der Waals surface area contributed by atoms with E-state index in [1.165, 1.54) is 12.4 Å². The van der Waals surface area contributed by atoms with Crippen LogP contribution in [0, 0.1) is 0 Å². The van der Waals surface area contributed by atoms with Crippen LogP contribution in [0.25, 0.3) is 0 Å². The number of hydrogen-bond donors (Lipinski definition) is 2. The van der Waals surface area contributed by atoms with E-state index in [1.807, 2.05) is 6.92 Å². The monoisotopic (exact) mass is 256 g/mol. The lowest BCUT2D eigenvalue weighted by Crippen LogP contribution is -2.26. The van der Waals surface area contributed by atoms with Crippen molar-refractivity contribution in [3.8, 4) is 0 Å². The fraction of sp³-hybridized carbons (Fsp3) is 0.600. The number of nitrogens with zero attached hydrogens (tertiary/aromatic N) is 2. The van der Waals surface area contributed by atoms with Gasteiger partial charge in [-0.3, -0.25) is 0 Å². The maximum Gasteiger partial charge on any atom is 0.243 e. The molecule has 0 saturated heterocycles. The Morgan fingerprint density at radius 1 is 1.35 bits per heavy atom. The molecule has 0 atom stereocenters. The standard InChI is InChI=1S/C10H16N4O2S/c1-2-5-11-10-12-6-9(7-13-10)17(15,16)14-8-3-4-8/h6-8,14H,2-5H2,1H3,(H,11,12,13). The number of sulfonamides is 1. The summed E-state index contributed by atoms with van der Waals surface area (Å²) in [5, 5.41) is 2.99. The van der Waals surface area contributed by atoms with Gasteiger partial charge in [0.05, 0.1) is 12.4 Å². The maximum atomic E-state index is 11.8. The quantitative estimate of drug-likeness (QED) is 0.784. The number of aromatic nitrogens is 2. The van der Waals surface area contributed by atoms with E-state index in [9.17, 15) is 8.42 Å². The van der Waals surface area contributed by atoms with Gasteiger partial charge in [0.2, 0.25) is 16.0 Å². The van der Waals surface area contributed by atoms with Gasteiger partial charge in [-0.1, -0.05) is 6.92 Å². The molecule has 1 aliphatic rings. The van der Waals surface area contributed by atoms with Crippen LogP contribution < -0.4 is 10.0 Å². The molecule has 7 heteroatoms. The largest absolute Gasteiger partial charge is 0.354 e. The van der Waals surface area contributed by atoms with Gasteiger partial charge in [-0.2, -0.15) is 0 Å². The topological polar surface area (TPSA) is 84.0 Å². The van der Waals surface area contributed by atoms with Crippen molar-refractivity contribution in [2.24, 2.45) is 0 Å². The molecule has 2 rings (SSSR count).